The maximum atomic E-state index is 12.8. The van der Waals surface area contributed by atoms with E-state index >= 15 is 0 Å². The van der Waals surface area contributed by atoms with Gasteiger partial charge in [0.05, 0.1) is 17.8 Å². The van der Waals surface area contributed by atoms with Gasteiger partial charge in [-0.1, -0.05) is 64.1 Å². The number of epoxide rings is 1. The molecule has 44 heavy (non-hydrogen) atoms. The van der Waals surface area contributed by atoms with E-state index in [0.717, 1.165) is 24.8 Å². The molecular weight excluding hydrogens is 564 g/mol. The van der Waals surface area contributed by atoms with Crippen LogP contribution in [0, 0.1) is 22.7 Å². The lowest BCUT2D eigenvalue weighted by Gasteiger charge is -2.61. The largest absolute Gasteiger partial charge is 0.465 e. The van der Waals surface area contributed by atoms with E-state index in [4.69, 9.17) is 23.7 Å². The molecule has 2 aliphatic carbocycles. The zero-order valence-electron chi connectivity index (χ0n) is 26.2. The van der Waals surface area contributed by atoms with Gasteiger partial charge in [-0.3, -0.25) is 9.59 Å². The van der Waals surface area contributed by atoms with Crippen LogP contribution in [0.5, 0.6) is 0 Å². The Morgan fingerprint density at radius 1 is 1.00 bits per heavy atom. The average Bonchev–Trinajstić information content (AvgIpc) is 3.71. The van der Waals surface area contributed by atoms with Crippen LogP contribution >= 0.6 is 0 Å². The SMILES string of the molecule is CCC(=O)OC[C@@]1(C)[C@H]2CC[C@@]3(CO3)[C@@H](C/C=C3/C(=O)OC[C@H]3OC(=O)/C=C/c3ccccc3)[C@]2(C)CC[C@H]1OC(=O)CC. The van der Waals surface area contributed by atoms with Gasteiger partial charge in [-0.05, 0) is 61.0 Å². The van der Waals surface area contributed by atoms with E-state index in [2.05, 4.69) is 13.8 Å². The van der Waals surface area contributed by atoms with Gasteiger partial charge in [0.15, 0.2) is 6.10 Å². The number of carbonyl (C=O) groups excluding carboxylic acids is 4. The van der Waals surface area contributed by atoms with Crippen LogP contribution in [-0.4, -0.2) is 61.5 Å². The molecule has 0 unspecified atom stereocenters. The molecule has 2 heterocycles. The molecule has 0 amide bonds. The van der Waals surface area contributed by atoms with Crippen molar-refractivity contribution in [3.8, 4) is 0 Å². The molecular formula is C35H44O9. The predicted octanol–water partition coefficient (Wildman–Crippen LogP) is 5.36. The first-order chi connectivity index (χ1) is 21.0. The Morgan fingerprint density at radius 2 is 1.73 bits per heavy atom. The van der Waals surface area contributed by atoms with Crippen LogP contribution < -0.4 is 0 Å². The van der Waals surface area contributed by atoms with E-state index in [1.54, 1.807) is 19.9 Å². The summed E-state index contributed by atoms with van der Waals surface area (Å²) in [5.41, 5.74) is 0.0766. The molecule has 2 aliphatic heterocycles. The van der Waals surface area contributed by atoms with Gasteiger partial charge in [-0.2, -0.15) is 0 Å². The fourth-order valence-electron chi connectivity index (χ4n) is 7.97. The lowest BCUT2D eigenvalue weighted by atomic mass is 9.45. The zero-order chi connectivity index (χ0) is 31.5. The monoisotopic (exact) mass is 608 g/mol. The number of esters is 4. The van der Waals surface area contributed by atoms with Crippen molar-refractivity contribution < 1.29 is 42.9 Å². The molecule has 4 aliphatic rings. The topological polar surface area (TPSA) is 118 Å². The molecule has 1 aromatic rings. The number of hydrogen-bond acceptors (Lipinski definition) is 9. The van der Waals surface area contributed by atoms with Crippen LogP contribution in [0.15, 0.2) is 48.1 Å². The van der Waals surface area contributed by atoms with Gasteiger partial charge in [-0.25, -0.2) is 9.59 Å². The summed E-state index contributed by atoms with van der Waals surface area (Å²) < 4.78 is 28.8. The van der Waals surface area contributed by atoms with Crippen LogP contribution in [-0.2, 0) is 42.9 Å². The highest BCUT2D eigenvalue weighted by molar-refractivity contribution is 5.93. The second-order valence-corrected chi connectivity index (χ2v) is 13.1. The number of rotatable bonds is 10. The van der Waals surface area contributed by atoms with Crippen LogP contribution in [0.1, 0.15) is 78.2 Å². The number of ether oxygens (including phenoxy) is 5. The summed E-state index contributed by atoms with van der Waals surface area (Å²) >= 11 is 0. The van der Waals surface area contributed by atoms with Crippen molar-refractivity contribution in [3.05, 3.63) is 53.6 Å². The Bertz CT molecular complexity index is 1310. The minimum atomic E-state index is -0.790. The lowest BCUT2D eigenvalue weighted by Crippen LogP contribution is -2.61. The van der Waals surface area contributed by atoms with Crippen LogP contribution in [0.25, 0.3) is 6.08 Å². The first-order valence-corrected chi connectivity index (χ1v) is 15.8. The van der Waals surface area contributed by atoms with Gasteiger partial charge in [0.2, 0.25) is 0 Å². The van der Waals surface area contributed by atoms with Gasteiger partial charge in [0.1, 0.15) is 19.3 Å². The van der Waals surface area contributed by atoms with Gasteiger partial charge >= 0.3 is 23.9 Å². The molecule has 0 N–H and O–H groups in total. The minimum Gasteiger partial charge on any atom is -0.465 e. The summed E-state index contributed by atoms with van der Waals surface area (Å²) in [6, 6.07) is 9.42. The fraction of sp³-hybridized carbons (Fsp3) is 0.600. The molecule has 1 spiro atoms. The highest BCUT2D eigenvalue weighted by atomic mass is 16.6. The molecule has 0 bridgehead atoms. The van der Waals surface area contributed by atoms with Crippen LogP contribution in [0.4, 0.5) is 0 Å². The summed E-state index contributed by atoms with van der Waals surface area (Å²) in [5, 5.41) is 0. The van der Waals surface area contributed by atoms with Crippen molar-refractivity contribution >= 4 is 30.0 Å². The first kappa shape index (κ1) is 31.9. The number of cyclic esters (lactones) is 1. The lowest BCUT2D eigenvalue weighted by molar-refractivity contribution is -0.203. The standard InChI is InChI=1S/C35H44O9/c1-5-29(36)41-21-34(4)26-16-19-35(22-42-35)27(33(26,3)18-17-28(34)44-30(37)6-2)14-13-24-25(20-40-32(24)39)43-31(38)15-12-23-10-8-7-9-11-23/h7-13,15,25-28H,5-6,14,16-22H2,1-4H3/b15-12+,24-13+/t25-,26+,27+,28-,33-,34+,35-/m1/s1. The highest BCUT2D eigenvalue weighted by Crippen LogP contribution is 2.66. The number of carbonyl (C=O) groups is 4. The second-order valence-electron chi connectivity index (χ2n) is 13.1. The smallest absolute Gasteiger partial charge is 0.337 e. The molecule has 0 aromatic heterocycles. The number of allylic oxidation sites excluding steroid dienone is 1. The van der Waals surface area contributed by atoms with Crippen LogP contribution in [0.2, 0.25) is 0 Å². The third-order valence-electron chi connectivity index (χ3n) is 10.5. The van der Waals surface area contributed by atoms with Gasteiger partial charge in [0, 0.05) is 24.3 Å². The predicted molar refractivity (Wildman–Crippen MR) is 161 cm³/mol. The quantitative estimate of drug-likeness (QED) is 0.150. The summed E-state index contributed by atoms with van der Waals surface area (Å²) in [5.74, 6) is -1.44. The molecule has 5 rings (SSSR count). The van der Waals surface area contributed by atoms with Crippen molar-refractivity contribution in [2.45, 2.75) is 90.4 Å². The third-order valence-corrected chi connectivity index (χ3v) is 10.5. The summed E-state index contributed by atoms with van der Waals surface area (Å²) in [7, 11) is 0. The van der Waals surface area contributed by atoms with Crippen molar-refractivity contribution in [1.82, 2.24) is 0 Å². The van der Waals surface area contributed by atoms with E-state index in [-0.39, 0.29) is 66.9 Å². The third kappa shape index (κ3) is 6.34. The van der Waals surface area contributed by atoms with E-state index in [9.17, 15) is 19.2 Å². The molecule has 238 valence electrons. The van der Waals surface area contributed by atoms with E-state index in [1.807, 2.05) is 36.4 Å². The Kier molecular flexibility index (Phi) is 9.35. The molecule has 7 atom stereocenters. The second kappa shape index (κ2) is 12.9. The number of hydrogen-bond donors (Lipinski definition) is 0. The van der Waals surface area contributed by atoms with E-state index in [0.29, 0.717) is 25.0 Å². The maximum Gasteiger partial charge on any atom is 0.337 e. The number of fused-ring (bicyclic) bond motifs is 1. The van der Waals surface area contributed by atoms with Crippen LogP contribution in [0.3, 0.4) is 0 Å². The molecule has 1 aromatic carbocycles. The Labute approximate surface area is 259 Å². The van der Waals surface area contributed by atoms with Gasteiger partial charge in [-0.15, -0.1) is 0 Å². The Hall–Kier alpha value is -3.46. The molecule has 4 fully saturated rings. The number of benzene rings is 1. The van der Waals surface area contributed by atoms with Crippen molar-refractivity contribution in [2.75, 3.05) is 19.8 Å². The molecule has 2 saturated heterocycles. The average molecular weight is 609 g/mol. The Balaban J connectivity index is 1.37. The van der Waals surface area contributed by atoms with E-state index < -0.39 is 23.5 Å². The first-order valence-electron chi connectivity index (χ1n) is 15.8. The van der Waals surface area contributed by atoms with Crippen molar-refractivity contribution in [3.63, 3.8) is 0 Å². The summed E-state index contributed by atoms with van der Waals surface area (Å²) in [6.45, 7) is 8.68. The summed E-state index contributed by atoms with van der Waals surface area (Å²) in [6.07, 6.45) is 7.92. The molecule has 9 heteroatoms. The molecule has 9 nitrogen and oxygen atoms in total. The summed E-state index contributed by atoms with van der Waals surface area (Å²) in [4.78, 5) is 50.1. The zero-order valence-corrected chi connectivity index (χ0v) is 26.2. The normalized spacial score (nSPS) is 35.3. The van der Waals surface area contributed by atoms with Crippen molar-refractivity contribution in [1.29, 1.82) is 0 Å². The maximum absolute atomic E-state index is 12.8. The Morgan fingerprint density at radius 3 is 2.41 bits per heavy atom. The molecule has 2 saturated carbocycles. The van der Waals surface area contributed by atoms with Crippen molar-refractivity contribution in [2.24, 2.45) is 22.7 Å². The highest BCUT2D eigenvalue weighted by Gasteiger charge is 2.67. The van der Waals surface area contributed by atoms with E-state index in [1.165, 1.54) is 6.08 Å². The molecule has 0 radical (unpaired) electrons. The van der Waals surface area contributed by atoms with Gasteiger partial charge < -0.3 is 23.7 Å². The fourth-order valence-corrected chi connectivity index (χ4v) is 7.97. The minimum absolute atomic E-state index is 0.0207. The van der Waals surface area contributed by atoms with Gasteiger partial charge in [0.25, 0.3) is 0 Å².